The summed E-state index contributed by atoms with van der Waals surface area (Å²) in [7, 11) is 3.51. The van der Waals surface area contributed by atoms with Gasteiger partial charge in [0.15, 0.2) is 0 Å². The van der Waals surface area contributed by atoms with Crippen LogP contribution < -0.4 is 5.32 Å². The molecule has 0 spiro atoms. The molecule has 4 nitrogen and oxygen atoms in total. The van der Waals surface area contributed by atoms with Crippen molar-refractivity contribution >= 4 is 40.4 Å². The molecule has 2 amide bonds. The molecule has 1 heterocycles. The average molecular weight is 377 g/mol. The molecule has 1 aromatic heterocycles. The summed E-state index contributed by atoms with van der Waals surface area (Å²) in [6, 6.07) is 7.47. The Balaban J connectivity index is 1.73. The molecule has 0 fully saturated rings. The van der Waals surface area contributed by atoms with Crippen molar-refractivity contribution in [3.8, 4) is 0 Å². The Hall–Kier alpha value is -1.85. The van der Waals surface area contributed by atoms with Crippen molar-refractivity contribution in [1.29, 1.82) is 0 Å². The fourth-order valence-electron chi connectivity index (χ4n) is 3.05. The van der Waals surface area contributed by atoms with E-state index in [4.69, 9.17) is 11.6 Å². The first-order chi connectivity index (χ1) is 11.9. The summed E-state index contributed by atoms with van der Waals surface area (Å²) in [4.78, 5) is 28.4. The molecule has 0 saturated carbocycles. The smallest absolute Gasteiger partial charge is 0.263 e. The first-order valence-corrected chi connectivity index (χ1v) is 9.45. The minimum absolute atomic E-state index is 0.0164. The van der Waals surface area contributed by atoms with E-state index in [1.165, 1.54) is 4.88 Å². The van der Waals surface area contributed by atoms with Crippen molar-refractivity contribution in [1.82, 2.24) is 4.90 Å². The zero-order valence-corrected chi connectivity index (χ0v) is 16.1. The Labute approximate surface area is 156 Å². The number of nitrogens with zero attached hydrogens (tertiary/aromatic N) is 1. The number of aryl methyl sites for hydroxylation is 1. The van der Waals surface area contributed by atoms with Gasteiger partial charge in [0.25, 0.3) is 5.91 Å². The van der Waals surface area contributed by atoms with Gasteiger partial charge in [-0.1, -0.05) is 17.7 Å². The lowest BCUT2D eigenvalue weighted by Crippen LogP contribution is -2.27. The van der Waals surface area contributed by atoms with E-state index in [-0.39, 0.29) is 17.7 Å². The number of hydrogen-bond acceptors (Lipinski definition) is 3. The molecule has 0 radical (unpaired) electrons. The first-order valence-electron chi connectivity index (χ1n) is 8.26. The molecule has 0 aliphatic heterocycles. The number of amides is 2. The predicted molar refractivity (Wildman–Crippen MR) is 103 cm³/mol. The summed E-state index contributed by atoms with van der Waals surface area (Å²) in [6.45, 7) is 1.90. The van der Waals surface area contributed by atoms with E-state index in [2.05, 4.69) is 5.32 Å². The Kier molecular flexibility index (Phi) is 5.16. The van der Waals surface area contributed by atoms with Gasteiger partial charge in [-0.2, -0.15) is 0 Å². The number of halogens is 1. The van der Waals surface area contributed by atoms with Crippen LogP contribution in [0.2, 0.25) is 5.02 Å². The van der Waals surface area contributed by atoms with Crippen LogP contribution in [0, 0.1) is 12.8 Å². The second-order valence-electron chi connectivity index (χ2n) is 6.60. The normalized spacial score (nSPS) is 16.2. The molecular formula is C19H21ClN2O2S. The molecule has 0 unspecified atom stereocenters. The van der Waals surface area contributed by atoms with E-state index < -0.39 is 0 Å². The van der Waals surface area contributed by atoms with E-state index in [0.717, 1.165) is 34.5 Å². The van der Waals surface area contributed by atoms with Gasteiger partial charge in [-0.05, 0) is 55.5 Å². The summed E-state index contributed by atoms with van der Waals surface area (Å²) < 4.78 is 0. The second-order valence-corrected chi connectivity index (χ2v) is 8.14. The Morgan fingerprint density at radius 1 is 1.32 bits per heavy atom. The van der Waals surface area contributed by atoms with Crippen LogP contribution in [0.25, 0.3) is 0 Å². The lowest BCUT2D eigenvalue weighted by molar-refractivity contribution is -0.120. The van der Waals surface area contributed by atoms with Gasteiger partial charge in [-0.25, -0.2) is 0 Å². The van der Waals surface area contributed by atoms with Crippen LogP contribution in [0.5, 0.6) is 0 Å². The number of fused-ring (bicyclic) bond motifs is 1. The molecule has 25 heavy (non-hydrogen) atoms. The van der Waals surface area contributed by atoms with Crippen molar-refractivity contribution in [3.05, 3.63) is 50.2 Å². The van der Waals surface area contributed by atoms with Crippen LogP contribution in [0.1, 0.15) is 32.1 Å². The predicted octanol–water partition coefficient (Wildman–Crippen LogP) is 4.16. The number of rotatable bonds is 3. The third-order valence-electron chi connectivity index (χ3n) is 4.60. The number of carbonyl (C=O) groups is 2. The van der Waals surface area contributed by atoms with Gasteiger partial charge in [0.05, 0.1) is 4.88 Å². The van der Waals surface area contributed by atoms with Gasteiger partial charge < -0.3 is 10.2 Å². The van der Waals surface area contributed by atoms with E-state index >= 15 is 0 Å². The van der Waals surface area contributed by atoms with E-state index in [0.29, 0.717) is 11.4 Å². The largest absolute Gasteiger partial charge is 0.344 e. The van der Waals surface area contributed by atoms with Gasteiger partial charge in [0, 0.05) is 35.6 Å². The number of nitrogens with one attached hydrogen (secondary N) is 1. The van der Waals surface area contributed by atoms with Gasteiger partial charge in [-0.15, -0.1) is 11.3 Å². The average Bonchev–Trinajstić information content (AvgIpc) is 3.01. The number of hydrogen-bond donors (Lipinski definition) is 1. The van der Waals surface area contributed by atoms with Crippen molar-refractivity contribution in [2.24, 2.45) is 5.92 Å². The Morgan fingerprint density at radius 2 is 2.08 bits per heavy atom. The zero-order chi connectivity index (χ0) is 18.1. The Morgan fingerprint density at radius 3 is 2.80 bits per heavy atom. The molecule has 3 rings (SSSR count). The highest BCUT2D eigenvalue weighted by Gasteiger charge is 2.28. The topological polar surface area (TPSA) is 49.4 Å². The van der Waals surface area contributed by atoms with E-state index in [9.17, 15) is 9.59 Å². The lowest BCUT2D eigenvalue weighted by Gasteiger charge is -2.22. The monoisotopic (exact) mass is 376 g/mol. The van der Waals surface area contributed by atoms with Crippen molar-refractivity contribution in [2.75, 3.05) is 19.4 Å². The van der Waals surface area contributed by atoms with Crippen molar-refractivity contribution in [2.45, 2.75) is 26.2 Å². The fraction of sp³-hybridized carbons (Fsp3) is 0.368. The fourth-order valence-corrected chi connectivity index (χ4v) is 4.46. The van der Waals surface area contributed by atoms with Crippen LogP contribution in [0.4, 0.5) is 5.69 Å². The molecule has 1 atom stereocenters. The number of benzene rings is 1. The highest BCUT2D eigenvalue weighted by molar-refractivity contribution is 7.14. The minimum atomic E-state index is -0.0808. The van der Waals surface area contributed by atoms with Gasteiger partial charge in [0.2, 0.25) is 5.91 Å². The molecule has 1 aliphatic carbocycles. The van der Waals surface area contributed by atoms with Gasteiger partial charge >= 0.3 is 0 Å². The maximum atomic E-state index is 12.7. The first kappa shape index (κ1) is 18.0. The summed E-state index contributed by atoms with van der Waals surface area (Å²) in [5, 5.41) is 3.65. The molecule has 132 valence electrons. The van der Waals surface area contributed by atoms with Crippen molar-refractivity contribution in [3.63, 3.8) is 0 Å². The van der Waals surface area contributed by atoms with Crippen LogP contribution in [0.15, 0.2) is 24.3 Å². The van der Waals surface area contributed by atoms with Gasteiger partial charge in [-0.3, -0.25) is 9.59 Å². The second kappa shape index (κ2) is 7.18. The van der Waals surface area contributed by atoms with Gasteiger partial charge in [0.1, 0.15) is 0 Å². The third kappa shape index (κ3) is 3.72. The molecular weight excluding hydrogens is 356 g/mol. The third-order valence-corrected chi connectivity index (χ3v) is 6.23. The molecule has 6 heteroatoms. The summed E-state index contributed by atoms with van der Waals surface area (Å²) in [5.41, 5.74) is 2.77. The van der Waals surface area contributed by atoms with Crippen molar-refractivity contribution < 1.29 is 9.59 Å². The van der Waals surface area contributed by atoms with E-state index in [1.807, 2.05) is 31.2 Å². The van der Waals surface area contributed by atoms with Crippen LogP contribution in [0.3, 0.4) is 0 Å². The summed E-state index contributed by atoms with van der Waals surface area (Å²) in [5.74, 6) is -0.0413. The minimum Gasteiger partial charge on any atom is -0.344 e. The maximum Gasteiger partial charge on any atom is 0.263 e. The Bertz CT molecular complexity index is 829. The van der Waals surface area contributed by atoms with Crippen LogP contribution in [-0.4, -0.2) is 30.8 Å². The number of carbonyl (C=O) groups excluding carboxylic acids is 2. The number of anilines is 1. The molecule has 0 bridgehead atoms. The SMILES string of the molecule is Cc1c(Cl)cccc1NC(=O)[C@@H]1CCc2sc(C(=O)N(C)C)cc2C1. The highest BCUT2D eigenvalue weighted by atomic mass is 35.5. The zero-order valence-electron chi connectivity index (χ0n) is 14.6. The summed E-state index contributed by atoms with van der Waals surface area (Å²) >= 11 is 7.68. The lowest BCUT2D eigenvalue weighted by atomic mass is 9.87. The quantitative estimate of drug-likeness (QED) is 0.874. The molecule has 1 aromatic carbocycles. The maximum absolute atomic E-state index is 12.7. The van der Waals surface area contributed by atoms with Crippen LogP contribution >= 0.6 is 22.9 Å². The van der Waals surface area contributed by atoms with Crippen LogP contribution in [-0.2, 0) is 17.6 Å². The molecule has 1 N–H and O–H groups in total. The number of thiophene rings is 1. The molecule has 2 aromatic rings. The van der Waals surface area contributed by atoms with E-state index in [1.54, 1.807) is 30.3 Å². The molecule has 1 aliphatic rings. The summed E-state index contributed by atoms with van der Waals surface area (Å²) in [6.07, 6.45) is 2.32. The standard InChI is InChI=1S/C19H21ClN2O2S/c1-11-14(20)5-4-6-15(11)21-18(23)12-7-8-16-13(9-12)10-17(25-16)19(24)22(2)3/h4-6,10,12H,7-9H2,1-3H3,(H,21,23)/t12-/m1/s1. The highest BCUT2D eigenvalue weighted by Crippen LogP contribution is 2.33. The molecule has 0 saturated heterocycles.